The molecule has 3 heteroatoms. The molecule has 0 saturated carbocycles. The van der Waals surface area contributed by atoms with Crippen molar-refractivity contribution < 1.29 is 4.74 Å². The SMILES string of the molecule is CCCNC(COC)CN(C)C. The highest BCUT2D eigenvalue weighted by molar-refractivity contribution is 4.68. The van der Waals surface area contributed by atoms with Crippen LogP contribution in [0.2, 0.25) is 0 Å². The van der Waals surface area contributed by atoms with E-state index in [1.807, 2.05) is 0 Å². The third-order valence-electron chi connectivity index (χ3n) is 1.64. The van der Waals surface area contributed by atoms with E-state index in [4.69, 9.17) is 4.74 Å². The van der Waals surface area contributed by atoms with Gasteiger partial charge in [0.05, 0.1) is 6.61 Å². The highest BCUT2D eigenvalue weighted by atomic mass is 16.5. The summed E-state index contributed by atoms with van der Waals surface area (Å²) in [6, 6.07) is 0.463. The van der Waals surface area contributed by atoms with E-state index in [0.29, 0.717) is 6.04 Å². The number of ether oxygens (including phenoxy) is 1. The molecule has 1 atom stereocenters. The van der Waals surface area contributed by atoms with Crippen LogP contribution in [0.1, 0.15) is 13.3 Å². The molecule has 0 bridgehead atoms. The summed E-state index contributed by atoms with van der Waals surface area (Å²) in [5.41, 5.74) is 0. The second-order valence-electron chi connectivity index (χ2n) is 3.37. The molecule has 0 spiro atoms. The molecule has 1 unspecified atom stereocenters. The summed E-state index contributed by atoms with van der Waals surface area (Å²) < 4.78 is 5.11. The number of nitrogens with one attached hydrogen (secondary N) is 1. The van der Waals surface area contributed by atoms with Crippen LogP contribution in [0.15, 0.2) is 0 Å². The molecule has 0 fully saturated rings. The summed E-state index contributed by atoms with van der Waals surface area (Å²) in [7, 11) is 5.91. The quantitative estimate of drug-likeness (QED) is 0.610. The molecule has 0 aliphatic rings. The number of rotatable bonds is 7. The number of methoxy groups -OCH3 is 1. The van der Waals surface area contributed by atoms with E-state index in [1.54, 1.807) is 7.11 Å². The monoisotopic (exact) mass is 174 g/mol. The molecule has 0 aromatic heterocycles. The standard InChI is InChI=1S/C9H22N2O/c1-5-6-10-9(8-12-4)7-11(2)3/h9-10H,5-8H2,1-4H3. The van der Waals surface area contributed by atoms with Gasteiger partial charge in [0, 0.05) is 19.7 Å². The zero-order valence-electron chi connectivity index (χ0n) is 8.76. The van der Waals surface area contributed by atoms with Crippen molar-refractivity contribution in [2.45, 2.75) is 19.4 Å². The smallest absolute Gasteiger partial charge is 0.0628 e. The lowest BCUT2D eigenvalue weighted by molar-refractivity contribution is 0.151. The Morgan fingerprint density at radius 3 is 2.50 bits per heavy atom. The van der Waals surface area contributed by atoms with Gasteiger partial charge in [-0.25, -0.2) is 0 Å². The predicted octanol–water partition coefficient (Wildman–Crippen LogP) is 0.563. The van der Waals surface area contributed by atoms with E-state index in [9.17, 15) is 0 Å². The fraction of sp³-hybridized carbons (Fsp3) is 1.00. The van der Waals surface area contributed by atoms with Crippen molar-refractivity contribution in [3.8, 4) is 0 Å². The van der Waals surface area contributed by atoms with Crippen LogP contribution in [0.25, 0.3) is 0 Å². The highest BCUT2D eigenvalue weighted by Gasteiger charge is 2.07. The van der Waals surface area contributed by atoms with E-state index < -0.39 is 0 Å². The summed E-state index contributed by atoms with van der Waals surface area (Å²) >= 11 is 0. The number of likely N-dealkylation sites (N-methyl/N-ethyl adjacent to an activating group) is 1. The van der Waals surface area contributed by atoms with Crippen molar-refractivity contribution in [2.75, 3.05) is 40.9 Å². The first kappa shape index (κ1) is 11.9. The van der Waals surface area contributed by atoms with Gasteiger partial charge in [0.2, 0.25) is 0 Å². The van der Waals surface area contributed by atoms with Crippen LogP contribution in [-0.4, -0.2) is 51.8 Å². The minimum absolute atomic E-state index is 0.463. The van der Waals surface area contributed by atoms with E-state index in [0.717, 1.165) is 19.7 Å². The largest absolute Gasteiger partial charge is 0.383 e. The fourth-order valence-electron chi connectivity index (χ4n) is 1.17. The van der Waals surface area contributed by atoms with Gasteiger partial charge >= 0.3 is 0 Å². The van der Waals surface area contributed by atoms with Crippen LogP contribution in [0.4, 0.5) is 0 Å². The minimum Gasteiger partial charge on any atom is -0.383 e. The minimum atomic E-state index is 0.463. The Kier molecular flexibility index (Phi) is 7.45. The lowest BCUT2D eigenvalue weighted by atomic mass is 10.3. The molecule has 12 heavy (non-hydrogen) atoms. The van der Waals surface area contributed by atoms with E-state index in [-0.39, 0.29) is 0 Å². The maximum Gasteiger partial charge on any atom is 0.0628 e. The molecule has 1 N–H and O–H groups in total. The molecular formula is C9H22N2O. The van der Waals surface area contributed by atoms with Gasteiger partial charge in [0.1, 0.15) is 0 Å². The molecule has 74 valence electrons. The van der Waals surface area contributed by atoms with Gasteiger partial charge in [-0.15, -0.1) is 0 Å². The second-order valence-corrected chi connectivity index (χ2v) is 3.37. The first-order valence-corrected chi connectivity index (χ1v) is 4.57. The van der Waals surface area contributed by atoms with Crippen molar-refractivity contribution in [3.63, 3.8) is 0 Å². The molecule has 0 radical (unpaired) electrons. The normalized spacial score (nSPS) is 13.8. The zero-order valence-corrected chi connectivity index (χ0v) is 8.76. The van der Waals surface area contributed by atoms with Crippen molar-refractivity contribution >= 4 is 0 Å². The van der Waals surface area contributed by atoms with E-state index >= 15 is 0 Å². The molecule has 0 aromatic rings. The molecule has 0 rings (SSSR count). The first-order valence-electron chi connectivity index (χ1n) is 4.57. The van der Waals surface area contributed by atoms with Gasteiger partial charge in [-0.1, -0.05) is 6.92 Å². The van der Waals surface area contributed by atoms with Gasteiger partial charge in [-0.05, 0) is 27.1 Å². The average molecular weight is 174 g/mol. The second kappa shape index (κ2) is 7.53. The summed E-state index contributed by atoms with van der Waals surface area (Å²) in [6.45, 7) is 5.07. The number of nitrogens with zero attached hydrogens (tertiary/aromatic N) is 1. The van der Waals surface area contributed by atoms with Crippen molar-refractivity contribution in [1.29, 1.82) is 0 Å². The maximum atomic E-state index is 5.11. The Bertz CT molecular complexity index is 96.5. The molecule has 0 aliphatic carbocycles. The van der Waals surface area contributed by atoms with Gasteiger partial charge in [-0.3, -0.25) is 0 Å². The van der Waals surface area contributed by atoms with Crippen LogP contribution in [0.5, 0.6) is 0 Å². The number of hydrogen-bond acceptors (Lipinski definition) is 3. The van der Waals surface area contributed by atoms with Crippen molar-refractivity contribution in [1.82, 2.24) is 10.2 Å². The summed E-state index contributed by atoms with van der Waals surface area (Å²) in [4.78, 5) is 2.17. The van der Waals surface area contributed by atoms with Crippen LogP contribution in [-0.2, 0) is 4.74 Å². The van der Waals surface area contributed by atoms with Gasteiger partial charge in [-0.2, -0.15) is 0 Å². The van der Waals surface area contributed by atoms with Gasteiger partial charge in [0.25, 0.3) is 0 Å². The molecule has 0 saturated heterocycles. The van der Waals surface area contributed by atoms with Crippen LogP contribution in [0, 0.1) is 0 Å². The Balaban J connectivity index is 3.54. The molecular weight excluding hydrogens is 152 g/mol. The molecule has 0 amide bonds. The Morgan fingerprint density at radius 2 is 2.08 bits per heavy atom. The lowest BCUT2D eigenvalue weighted by Crippen LogP contribution is -2.41. The predicted molar refractivity (Wildman–Crippen MR) is 52.5 cm³/mol. The van der Waals surface area contributed by atoms with Crippen molar-refractivity contribution in [2.24, 2.45) is 0 Å². The van der Waals surface area contributed by atoms with Crippen molar-refractivity contribution in [3.05, 3.63) is 0 Å². The Hall–Kier alpha value is -0.120. The first-order chi connectivity index (χ1) is 5.70. The van der Waals surface area contributed by atoms with Gasteiger partial charge < -0.3 is 15.0 Å². The lowest BCUT2D eigenvalue weighted by Gasteiger charge is -2.21. The molecule has 0 heterocycles. The van der Waals surface area contributed by atoms with Crippen LogP contribution < -0.4 is 5.32 Å². The molecule has 0 aliphatic heterocycles. The third kappa shape index (κ3) is 6.58. The van der Waals surface area contributed by atoms with E-state index in [2.05, 4.69) is 31.2 Å². The van der Waals surface area contributed by atoms with Crippen LogP contribution in [0.3, 0.4) is 0 Å². The average Bonchev–Trinajstić information content (AvgIpc) is 2.00. The fourth-order valence-corrected chi connectivity index (χ4v) is 1.17. The number of hydrogen-bond donors (Lipinski definition) is 1. The zero-order chi connectivity index (χ0) is 9.40. The topological polar surface area (TPSA) is 24.5 Å². The third-order valence-corrected chi connectivity index (χ3v) is 1.64. The summed E-state index contributed by atoms with van der Waals surface area (Å²) in [5, 5.41) is 3.44. The van der Waals surface area contributed by atoms with Crippen LogP contribution >= 0.6 is 0 Å². The van der Waals surface area contributed by atoms with Gasteiger partial charge in [0.15, 0.2) is 0 Å². The molecule has 3 nitrogen and oxygen atoms in total. The maximum absolute atomic E-state index is 5.11. The molecule has 0 aromatic carbocycles. The summed E-state index contributed by atoms with van der Waals surface area (Å²) in [6.07, 6.45) is 1.17. The van der Waals surface area contributed by atoms with E-state index in [1.165, 1.54) is 6.42 Å². The Morgan fingerprint density at radius 1 is 1.42 bits per heavy atom. The summed E-state index contributed by atoms with van der Waals surface area (Å²) in [5.74, 6) is 0. The highest BCUT2D eigenvalue weighted by Crippen LogP contribution is 1.88. The Labute approximate surface area is 76.1 Å².